The molecule has 0 saturated heterocycles. The van der Waals surface area contributed by atoms with Crippen LogP contribution in [0.4, 0.5) is 0 Å². The van der Waals surface area contributed by atoms with Gasteiger partial charge < -0.3 is 15.2 Å². The third-order valence-electron chi connectivity index (χ3n) is 2.86. The molecule has 2 atom stereocenters. The van der Waals surface area contributed by atoms with Crippen molar-refractivity contribution in [2.24, 2.45) is 0 Å². The molecule has 0 saturated carbocycles. The molecule has 2 unspecified atom stereocenters. The fourth-order valence-electron chi connectivity index (χ4n) is 1.84. The average molecular weight is 295 g/mol. The summed E-state index contributed by atoms with van der Waals surface area (Å²) >= 11 is 1.66. The first-order valence-electron chi connectivity index (χ1n) is 6.73. The van der Waals surface area contributed by atoms with E-state index < -0.39 is 6.10 Å². The Hall–Kier alpha value is -1.21. The van der Waals surface area contributed by atoms with Crippen molar-refractivity contribution < 1.29 is 9.84 Å². The fraction of sp³-hybridized carbons (Fsp3) is 0.500. The highest BCUT2D eigenvalue weighted by atomic mass is 32.1. The van der Waals surface area contributed by atoms with Crippen molar-refractivity contribution in [2.75, 3.05) is 13.2 Å². The Morgan fingerprint density at radius 2 is 2.40 bits per heavy atom. The average Bonchev–Trinajstić information content (AvgIpc) is 3.09. The first kappa shape index (κ1) is 15.2. The molecule has 0 amide bonds. The molecular formula is C14H21N3O2S. The number of ether oxygens (including phenoxy) is 1. The highest BCUT2D eigenvalue weighted by molar-refractivity contribution is 7.09. The van der Waals surface area contributed by atoms with Crippen molar-refractivity contribution in [1.29, 1.82) is 0 Å². The first-order chi connectivity index (χ1) is 9.74. The lowest BCUT2D eigenvalue weighted by atomic mass is 10.3. The molecule has 5 nitrogen and oxygen atoms in total. The van der Waals surface area contributed by atoms with Gasteiger partial charge in [-0.25, -0.2) is 0 Å². The van der Waals surface area contributed by atoms with Gasteiger partial charge in [-0.2, -0.15) is 5.10 Å². The summed E-state index contributed by atoms with van der Waals surface area (Å²) in [5.74, 6) is 0. The summed E-state index contributed by atoms with van der Waals surface area (Å²) in [5, 5.41) is 19.3. The number of aliphatic hydroxyl groups is 1. The van der Waals surface area contributed by atoms with Crippen LogP contribution in [0, 0.1) is 0 Å². The molecule has 2 heterocycles. The van der Waals surface area contributed by atoms with Crippen LogP contribution < -0.4 is 5.32 Å². The number of hydrogen-bond acceptors (Lipinski definition) is 5. The van der Waals surface area contributed by atoms with Gasteiger partial charge in [0.15, 0.2) is 0 Å². The molecule has 0 bridgehead atoms. The number of thiophene rings is 1. The van der Waals surface area contributed by atoms with Gasteiger partial charge in [0, 0.05) is 29.9 Å². The van der Waals surface area contributed by atoms with E-state index in [0.29, 0.717) is 19.8 Å². The predicted octanol–water partition coefficient (Wildman–Crippen LogP) is 1.50. The summed E-state index contributed by atoms with van der Waals surface area (Å²) in [5.41, 5.74) is 0. The lowest BCUT2D eigenvalue weighted by Gasteiger charge is -2.17. The Morgan fingerprint density at radius 1 is 1.50 bits per heavy atom. The normalized spacial score (nSPS) is 14.3. The van der Waals surface area contributed by atoms with Crippen molar-refractivity contribution >= 4 is 11.3 Å². The molecule has 2 aromatic heterocycles. The molecule has 20 heavy (non-hydrogen) atoms. The number of aromatic nitrogens is 2. The Morgan fingerprint density at radius 3 is 3.10 bits per heavy atom. The summed E-state index contributed by atoms with van der Waals surface area (Å²) in [6, 6.07) is 6.18. The molecule has 110 valence electrons. The van der Waals surface area contributed by atoms with Crippen LogP contribution in [0.15, 0.2) is 36.0 Å². The maximum absolute atomic E-state index is 9.85. The highest BCUT2D eigenvalue weighted by Crippen LogP contribution is 2.09. The Labute approximate surface area is 123 Å². The molecule has 2 N–H and O–H groups in total. The minimum Gasteiger partial charge on any atom is -0.389 e. The molecule has 0 aliphatic rings. The second kappa shape index (κ2) is 8.16. The van der Waals surface area contributed by atoms with Gasteiger partial charge in [0.1, 0.15) is 0 Å². The predicted molar refractivity (Wildman–Crippen MR) is 79.7 cm³/mol. The second-order valence-electron chi connectivity index (χ2n) is 4.79. The first-order valence-corrected chi connectivity index (χ1v) is 7.61. The van der Waals surface area contributed by atoms with Crippen molar-refractivity contribution in [3.05, 3.63) is 40.8 Å². The number of hydrogen-bond donors (Lipinski definition) is 2. The smallest absolute Gasteiger partial charge is 0.0897 e. The zero-order chi connectivity index (χ0) is 14.2. The van der Waals surface area contributed by atoms with E-state index in [9.17, 15) is 5.11 Å². The molecule has 2 rings (SSSR count). The number of rotatable bonds is 9. The Kier molecular flexibility index (Phi) is 6.20. The maximum atomic E-state index is 9.85. The van der Waals surface area contributed by atoms with Crippen LogP contribution in [-0.2, 0) is 17.9 Å². The van der Waals surface area contributed by atoms with Gasteiger partial charge in [0.2, 0.25) is 0 Å². The quantitative estimate of drug-likeness (QED) is 0.736. The minimum absolute atomic E-state index is 0.252. The van der Waals surface area contributed by atoms with Crippen LogP contribution >= 0.6 is 11.3 Å². The van der Waals surface area contributed by atoms with Gasteiger partial charge in [0.25, 0.3) is 0 Å². The van der Waals surface area contributed by atoms with Crippen molar-refractivity contribution in [3.63, 3.8) is 0 Å². The van der Waals surface area contributed by atoms with E-state index in [1.165, 1.54) is 4.88 Å². The summed E-state index contributed by atoms with van der Waals surface area (Å²) in [6.45, 7) is 4.29. The lowest BCUT2D eigenvalue weighted by molar-refractivity contribution is 0.0285. The third kappa shape index (κ3) is 5.42. The monoisotopic (exact) mass is 295 g/mol. The minimum atomic E-state index is -0.491. The van der Waals surface area contributed by atoms with Crippen LogP contribution in [0.5, 0.6) is 0 Å². The molecule has 0 aliphatic carbocycles. The Bertz CT molecular complexity index is 459. The van der Waals surface area contributed by atoms with Crippen LogP contribution in [0.2, 0.25) is 0 Å². The van der Waals surface area contributed by atoms with Crippen LogP contribution in [-0.4, -0.2) is 40.2 Å². The molecule has 6 heteroatoms. The van der Waals surface area contributed by atoms with E-state index in [1.807, 2.05) is 34.5 Å². The van der Waals surface area contributed by atoms with Crippen LogP contribution in [0.1, 0.15) is 11.8 Å². The standard InChI is InChI=1S/C14H21N3O2S/c1-12(9-17-6-3-5-16-17)15-8-13(18)10-19-11-14-4-2-7-20-14/h2-7,12-13,15,18H,8-11H2,1H3. The molecule has 0 fully saturated rings. The van der Waals surface area contributed by atoms with Gasteiger partial charge in [-0.3, -0.25) is 4.68 Å². The maximum Gasteiger partial charge on any atom is 0.0897 e. The van der Waals surface area contributed by atoms with Crippen molar-refractivity contribution in [2.45, 2.75) is 32.2 Å². The van der Waals surface area contributed by atoms with E-state index in [4.69, 9.17) is 4.74 Å². The third-order valence-corrected chi connectivity index (χ3v) is 3.71. The van der Waals surface area contributed by atoms with Gasteiger partial charge >= 0.3 is 0 Å². The van der Waals surface area contributed by atoms with Crippen molar-refractivity contribution in [1.82, 2.24) is 15.1 Å². The van der Waals surface area contributed by atoms with Gasteiger partial charge in [-0.05, 0) is 24.4 Å². The zero-order valence-corrected chi connectivity index (χ0v) is 12.4. The van der Waals surface area contributed by atoms with E-state index in [-0.39, 0.29) is 6.04 Å². The number of nitrogens with one attached hydrogen (secondary N) is 1. The summed E-state index contributed by atoms with van der Waals surface area (Å²) in [7, 11) is 0. The summed E-state index contributed by atoms with van der Waals surface area (Å²) in [4.78, 5) is 1.18. The second-order valence-corrected chi connectivity index (χ2v) is 5.82. The largest absolute Gasteiger partial charge is 0.389 e. The number of aliphatic hydroxyl groups excluding tert-OH is 1. The number of nitrogens with zero attached hydrogens (tertiary/aromatic N) is 2. The van der Waals surface area contributed by atoms with Gasteiger partial charge in [0.05, 0.1) is 25.9 Å². The molecule has 2 aromatic rings. The van der Waals surface area contributed by atoms with E-state index in [0.717, 1.165) is 6.54 Å². The Balaban J connectivity index is 1.56. The molecular weight excluding hydrogens is 274 g/mol. The molecule has 0 spiro atoms. The highest BCUT2D eigenvalue weighted by Gasteiger charge is 2.08. The fourth-order valence-corrected chi connectivity index (χ4v) is 2.48. The van der Waals surface area contributed by atoms with Gasteiger partial charge in [-0.1, -0.05) is 6.07 Å². The topological polar surface area (TPSA) is 59.3 Å². The zero-order valence-electron chi connectivity index (χ0n) is 11.6. The summed E-state index contributed by atoms with van der Waals surface area (Å²) in [6.07, 6.45) is 3.20. The van der Waals surface area contributed by atoms with E-state index in [2.05, 4.69) is 17.3 Å². The molecule has 0 radical (unpaired) electrons. The van der Waals surface area contributed by atoms with Crippen LogP contribution in [0.25, 0.3) is 0 Å². The van der Waals surface area contributed by atoms with Crippen LogP contribution in [0.3, 0.4) is 0 Å². The van der Waals surface area contributed by atoms with Gasteiger partial charge in [-0.15, -0.1) is 11.3 Å². The molecule has 0 aromatic carbocycles. The SMILES string of the molecule is CC(Cn1cccn1)NCC(O)COCc1cccs1. The molecule has 0 aliphatic heterocycles. The summed E-state index contributed by atoms with van der Waals surface area (Å²) < 4.78 is 7.35. The van der Waals surface area contributed by atoms with Crippen molar-refractivity contribution in [3.8, 4) is 0 Å². The van der Waals surface area contributed by atoms with E-state index in [1.54, 1.807) is 17.5 Å². The van der Waals surface area contributed by atoms with E-state index >= 15 is 0 Å². The lowest BCUT2D eigenvalue weighted by Crippen LogP contribution is -2.38.